The largest absolute Gasteiger partial charge is 0.337 e. The standard InChI is InChI=1S/C14H19N3OS/c1-10-4-6-14(15,7-5-10)13-16-12(17-18-13)9-11-3-2-8-19-11/h2-3,8,10H,4-7,9,15H2,1H3. The number of thiophene rings is 1. The summed E-state index contributed by atoms with van der Waals surface area (Å²) in [6.07, 6.45) is 4.88. The van der Waals surface area contributed by atoms with Gasteiger partial charge < -0.3 is 10.3 Å². The molecule has 19 heavy (non-hydrogen) atoms. The first-order valence-corrected chi connectivity index (χ1v) is 7.68. The predicted octanol–water partition coefficient (Wildman–Crippen LogP) is 3.09. The van der Waals surface area contributed by atoms with E-state index in [9.17, 15) is 0 Å². The molecule has 2 N–H and O–H groups in total. The first kappa shape index (κ1) is 12.8. The molecule has 1 aliphatic rings. The quantitative estimate of drug-likeness (QED) is 0.936. The van der Waals surface area contributed by atoms with Crippen LogP contribution in [0.2, 0.25) is 0 Å². The smallest absolute Gasteiger partial charge is 0.246 e. The molecule has 0 atom stereocenters. The van der Waals surface area contributed by atoms with Crippen molar-refractivity contribution in [2.75, 3.05) is 0 Å². The zero-order valence-corrected chi connectivity index (χ0v) is 11.9. The molecule has 0 spiro atoms. The number of nitrogens with two attached hydrogens (primary N) is 1. The SMILES string of the molecule is CC1CCC(N)(c2nc(Cc3cccs3)no2)CC1. The van der Waals surface area contributed by atoms with Gasteiger partial charge in [0.05, 0.1) is 5.54 Å². The Bertz CT molecular complexity index is 527. The summed E-state index contributed by atoms with van der Waals surface area (Å²) >= 11 is 1.71. The van der Waals surface area contributed by atoms with Gasteiger partial charge in [-0.15, -0.1) is 11.3 Å². The van der Waals surface area contributed by atoms with E-state index >= 15 is 0 Å². The summed E-state index contributed by atoms with van der Waals surface area (Å²) in [5.41, 5.74) is 6.03. The molecule has 2 aromatic heterocycles. The number of rotatable bonds is 3. The van der Waals surface area contributed by atoms with Crippen LogP contribution >= 0.6 is 11.3 Å². The van der Waals surface area contributed by atoms with E-state index in [0.29, 0.717) is 5.89 Å². The van der Waals surface area contributed by atoms with Gasteiger partial charge in [0.1, 0.15) is 0 Å². The molecule has 5 heteroatoms. The normalized spacial score (nSPS) is 27.6. The molecule has 0 radical (unpaired) electrons. The Kier molecular flexibility index (Phi) is 3.41. The monoisotopic (exact) mass is 277 g/mol. The summed E-state index contributed by atoms with van der Waals surface area (Å²) in [6.45, 7) is 2.27. The summed E-state index contributed by atoms with van der Waals surface area (Å²) in [7, 11) is 0. The second-order valence-electron chi connectivity index (χ2n) is 5.61. The highest BCUT2D eigenvalue weighted by atomic mass is 32.1. The summed E-state index contributed by atoms with van der Waals surface area (Å²) in [5, 5.41) is 6.13. The summed E-state index contributed by atoms with van der Waals surface area (Å²) in [6, 6.07) is 4.12. The zero-order chi connectivity index (χ0) is 13.3. The van der Waals surface area contributed by atoms with Crippen molar-refractivity contribution in [1.82, 2.24) is 10.1 Å². The summed E-state index contributed by atoms with van der Waals surface area (Å²) < 4.78 is 5.41. The van der Waals surface area contributed by atoms with E-state index in [2.05, 4.69) is 28.5 Å². The third-order valence-corrected chi connectivity index (χ3v) is 4.85. The average Bonchev–Trinajstić information content (AvgIpc) is 3.05. The lowest BCUT2D eigenvalue weighted by atomic mass is 9.78. The maximum atomic E-state index is 6.44. The van der Waals surface area contributed by atoms with Crippen molar-refractivity contribution in [2.45, 2.75) is 44.6 Å². The minimum Gasteiger partial charge on any atom is -0.337 e. The molecule has 102 valence electrons. The van der Waals surface area contributed by atoms with E-state index in [4.69, 9.17) is 10.3 Å². The van der Waals surface area contributed by atoms with E-state index in [1.165, 1.54) is 4.88 Å². The Labute approximate surface area is 117 Å². The lowest BCUT2D eigenvalue weighted by molar-refractivity contribution is 0.190. The van der Waals surface area contributed by atoms with E-state index < -0.39 is 5.54 Å². The van der Waals surface area contributed by atoms with Crippen molar-refractivity contribution in [1.29, 1.82) is 0 Å². The number of aromatic nitrogens is 2. The minimum absolute atomic E-state index is 0.410. The van der Waals surface area contributed by atoms with Gasteiger partial charge >= 0.3 is 0 Å². The number of nitrogens with zero attached hydrogens (tertiary/aromatic N) is 2. The lowest BCUT2D eigenvalue weighted by Crippen LogP contribution is -2.40. The number of hydrogen-bond acceptors (Lipinski definition) is 5. The first-order valence-electron chi connectivity index (χ1n) is 6.80. The third kappa shape index (κ3) is 2.72. The van der Waals surface area contributed by atoms with Crippen LogP contribution in [-0.2, 0) is 12.0 Å². The molecule has 0 unspecified atom stereocenters. The van der Waals surface area contributed by atoms with Crippen LogP contribution in [0.1, 0.15) is 49.2 Å². The molecule has 1 saturated carbocycles. The number of hydrogen-bond donors (Lipinski definition) is 1. The molecule has 2 aromatic rings. The third-order valence-electron chi connectivity index (χ3n) is 3.97. The molecule has 1 fully saturated rings. The van der Waals surface area contributed by atoms with Crippen molar-refractivity contribution in [3.8, 4) is 0 Å². The average molecular weight is 277 g/mol. The molecule has 3 rings (SSSR count). The van der Waals surface area contributed by atoms with Gasteiger partial charge in [-0.25, -0.2) is 0 Å². The maximum absolute atomic E-state index is 6.44. The van der Waals surface area contributed by atoms with Crippen molar-refractivity contribution >= 4 is 11.3 Å². The van der Waals surface area contributed by atoms with E-state index in [-0.39, 0.29) is 0 Å². The van der Waals surface area contributed by atoms with E-state index in [1.807, 2.05) is 6.07 Å². The molecular weight excluding hydrogens is 258 g/mol. The molecule has 0 aromatic carbocycles. The van der Waals surface area contributed by atoms with Crippen LogP contribution in [-0.4, -0.2) is 10.1 Å². The van der Waals surface area contributed by atoms with Crippen LogP contribution in [0, 0.1) is 5.92 Å². The highest BCUT2D eigenvalue weighted by Gasteiger charge is 2.37. The van der Waals surface area contributed by atoms with Crippen LogP contribution in [0.5, 0.6) is 0 Å². The molecule has 2 heterocycles. The molecule has 0 aliphatic heterocycles. The van der Waals surface area contributed by atoms with Crippen LogP contribution < -0.4 is 5.73 Å². The fourth-order valence-electron chi connectivity index (χ4n) is 2.59. The van der Waals surface area contributed by atoms with Crippen molar-refractivity contribution in [3.05, 3.63) is 34.1 Å². The van der Waals surface area contributed by atoms with Crippen LogP contribution in [0.4, 0.5) is 0 Å². The minimum atomic E-state index is -0.410. The predicted molar refractivity (Wildman–Crippen MR) is 74.9 cm³/mol. The molecular formula is C14H19N3OS. The highest BCUT2D eigenvalue weighted by molar-refractivity contribution is 7.09. The van der Waals surface area contributed by atoms with Gasteiger partial charge in [0.2, 0.25) is 5.89 Å². The summed E-state index contributed by atoms with van der Waals surface area (Å²) in [4.78, 5) is 5.76. The van der Waals surface area contributed by atoms with Gasteiger partial charge in [-0.3, -0.25) is 0 Å². The fraction of sp³-hybridized carbons (Fsp3) is 0.571. The van der Waals surface area contributed by atoms with Crippen molar-refractivity contribution in [3.63, 3.8) is 0 Å². The Morgan fingerprint density at radius 1 is 1.47 bits per heavy atom. The van der Waals surface area contributed by atoms with Gasteiger partial charge in [0, 0.05) is 11.3 Å². The van der Waals surface area contributed by atoms with E-state index in [1.54, 1.807) is 11.3 Å². The van der Waals surface area contributed by atoms with E-state index in [0.717, 1.165) is 43.8 Å². The molecule has 4 nitrogen and oxygen atoms in total. The zero-order valence-electron chi connectivity index (χ0n) is 11.1. The molecule has 0 saturated heterocycles. The molecule has 0 amide bonds. The van der Waals surface area contributed by atoms with Crippen LogP contribution in [0.25, 0.3) is 0 Å². The first-order chi connectivity index (χ1) is 9.16. The second kappa shape index (κ2) is 5.06. The van der Waals surface area contributed by atoms with Gasteiger partial charge in [-0.1, -0.05) is 18.1 Å². The van der Waals surface area contributed by atoms with Crippen LogP contribution in [0.3, 0.4) is 0 Å². The fourth-order valence-corrected chi connectivity index (χ4v) is 3.29. The molecule has 0 bridgehead atoms. The maximum Gasteiger partial charge on any atom is 0.246 e. The highest BCUT2D eigenvalue weighted by Crippen LogP contribution is 2.36. The van der Waals surface area contributed by atoms with Crippen molar-refractivity contribution in [2.24, 2.45) is 11.7 Å². The Morgan fingerprint density at radius 3 is 2.95 bits per heavy atom. The summed E-state index contributed by atoms with van der Waals surface area (Å²) in [5.74, 6) is 2.11. The Hall–Kier alpha value is -1.20. The van der Waals surface area contributed by atoms with Gasteiger partial charge in [0.15, 0.2) is 5.82 Å². The lowest BCUT2D eigenvalue weighted by Gasteiger charge is -2.32. The topological polar surface area (TPSA) is 64.9 Å². The Balaban J connectivity index is 1.74. The van der Waals surface area contributed by atoms with Gasteiger partial charge in [-0.05, 0) is 43.0 Å². The van der Waals surface area contributed by atoms with Crippen molar-refractivity contribution < 1.29 is 4.52 Å². The Morgan fingerprint density at radius 2 is 2.26 bits per heavy atom. The second-order valence-corrected chi connectivity index (χ2v) is 6.64. The van der Waals surface area contributed by atoms with Gasteiger partial charge in [0.25, 0.3) is 0 Å². The molecule has 1 aliphatic carbocycles. The van der Waals surface area contributed by atoms with Gasteiger partial charge in [-0.2, -0.15) is 4.98 Å². The van der Waals surface area contributed by atoms with Crippen LogP contribution in [0.15, 0.2) is 22.0 Å².